The molecule has 0 aliphatic heterocycles. The Morgan fingerprint density at radius 1 is 0.329 bits per heavy atom. The van der Waals surface area contributed by atoms with Gasteiger partial charge in [-0.05, 0) is 76.9 Å². The Bertz CT molecular complexity index is 4350. The molecule has 0 aliphatic carbocycles. The summed E-state index contributed by atoms with van der Waals surface area (Å²) in [5.41, 5.74) is 14.2. The van der Waals surface area contributed by atoms with E-state index in [4.69, 9.17) is 8.83 Å². The van der Waals surface area contributed by atoms with Gasteiger partial charge in [-0.15, -0.1) is 11.3 Å². The number of anilines is 6. The second-order valence-corrected chi connectivity index (χ2v) is 19.1. The van der Waals surface area contributed by atoms with Crippen LogP contribution in [-0.4, -0.2) is 0 Å². The molecular weight excluding hydrogens is 909 g/mol. The first-order valence-corrected chi connectivity index (χ1v) is 25.3. The number of hydrogen-bond acceptors (Lipinski definition) is 5. The van der Waals surface area contributed by atoms with E-state index in [2.05, 4.69) is 253 Å². The summed E-state index contributed by atoms with van der Waals surface area (Å²) in [6, 6.07) is 86.8. The van der Waals surface area contributed by atoms with E-state index in [1.54, 1.807) is 12.2 Å². The molecule has 0 saturated heterocycles. The Morgan fingerprint density at radius 3 is 1.21 bits per heavy atom. The van der Waals surface area contributed by atoms with Gasteiger partial charge in [0.2, 0.25) is 0 Å². The molecule has 0 aliphatic rings. The minimum absolute atomic E-state index is 0.836. The van der Waals surface area contributed by atoms with E-state index in [1.807, 2.05) is 23.5 Å². The topological polar surface area (TPSA) is 32.8 Å². The highest BCUT2D eigenvalue weighted by Gasteiger charge is 2.31. The first kappa shape index (κ1) is 43.6. The monoisotopic (exact) mass is 954 g/mol. The van der Waals surface area contributed by atoms with Crippen molar-refractivity contribution in [2.75, 3.05) is 9.80 Å². The third kappa shape index (κ3) is 7.45. The average Bonchev–Trinajstić information content (AvgIpc) is 4.17. The molecule has 0 bridgehead atoms. The lowest BCUT2D eigenvalue weighted by molar-refractivity contribution is 0.669. The summed E-state index contributed by atoms with van der Waals surface area (Å²) in [7, 11) is 0. The molecule has 3 heterocycles. The van der Waals surface area contributed by atoms with Crippen LogP contribution in [0.25, 0.3) is 97.1 Å². The van der Waals surface area contributed by atoms with Gasteiger partial charge in [0.1, 0.15) is 11.2 Å². The number of nitrogens with zero attached hydrogens (tertiary/aromatic N) is 2. The van der Waals surface area contributed by atoms with Crippen molar-refractivity contribution in [1.29, 1.82) is 0 Å². The molecule has 0 amide bonds. The molecule has 11 aromatic carbocycles. The smallest absolute Gasteiger partial charge is 0.159 e. The fourth-order valence-electron chi connectivity index (χ4n) is 10.5. The first-order chi connectivity index (χ1) is 36.2. The highest BCUT2D eigenvalue weighted by atomic mass is 32.1. The Labute approximate surface area is 426 Å². The second-order valence-electron chi connectivity index (χ2n) is 18.0. The molecular formula is C68H46N2O2S. The van der Waals surface area contributed by atoms with Crippen LogP contribution in [0.2, 0.25) is 0 Å². The van der Waals surface area contributed by atoms with E-state index in [-0.39, 0.29) is 0 Å². The van der Waals surface area contributed by atoms with Gasteiger partial charge in [0.05, 0.1) is 27.4 Å². The second kappa shape index (κ2) is 18.4. The van der Waals surface area contributed by atoms with E-state index in [9.17, 15) is 0 Å². The fourth-order valence-corrected chi connectivity index (χ4v) is 11.8. The van der Waals surface area contributed by atoms with Crippen LogP contribution >= 0.6 is 11.3 Å². The molecule has 0 spiro atoms. The summed E-state index contributed by atoms with van der Waals surface area (Å²) in [6.07, 6.45) is 3.28. The number of thiophene rings is 1. The molecule has 346 valence electrons. The summed E-state index contributed by atoms with van der Waals surface area (Å²) in [4.78, 5) is 4.90. The predicted octanol–water partition coefficient (Wildman–Crippen LogP) is 20.6. The van der Waals surface area contributed by atoms with Crippen LogP contribution in [-0.2, 0) is 0 Å². The standard InChI is InChI=1S/C64H40N2O2S.C4H6/c1-3-17-41(18-4-1)43-33-37-45(38-34-43)65(54-28-15-26-51-47-21-9-12-30-56(47)67-62(51)54)60-49-23-7-8-24-50(49)61(64-59(60)53-25-11-14-32-58(53)69-64)66(46-39-35-44(36-40-46)42-19-5-2-6-20-42)55-29-16-27-52-48-22-10-13-31-57(48)68-63(52)55;1-3-4-2/h1-40H;3-4H,1-2H2. The molecule has 4 nitrogen and oxygen atoms in total. The highest BCUT2D eigenvalue weighted by Crippen LogP contribution is 2.57. The van der Waals surface area contributed by atoms with Gasteiger partial charge in [-0.1, -0.05) is 213 Å². The van der Waals surface area contributed by atoms with Crippen LogP contribution in [0.3, 0.4) is 0 Å². The number of rotatable bonds is 9. The molecule has 0 fully saturated rings. The molecule has 14 rings (SSSR count). The number of para-hydroxylation sites is 4. The van der Waals surface area contributed by atoms with Crippen LogP contribution in [0.1, 0.15) is 0 Å². The van der Waals surface area contributed by atoms with Gasteiger partial charge in [-0.2, -0.15) is 0 Å². The quantitative estimate of drug-likeness (QED) is 0.107. The maximum absolute atomic E-state index is 6.92. The van der Waals surface area contributed by atoms with E-state index < -0.39 is 0 Å². The number of allylic oxidation sites excluding steroid dienone is 2. The van der Waals surface area contributed by atoms with Gasteiger partial charge in [-0.3, -0.25) is 0 Å². The van der Waals surface area contributed by atoms with Gasteiger partial charge in [0.25, 0.3) is 0 Å². The van der Waals surface area contributed by atoms with Crippen LogP contribution in [0.15, 0.2) is 277 Å². The van der Waals surface area contributed by atoms with Crippen LogP contribution in [0.4, 0.5) is 34.1 Å². The summed E-state index contributed by atoms with van der Waals surface area (Å²) in [6.45, 7) is 6.72. The maximum Gasteiger partial charge on any atom is 0.159 e. The van der Waals surface area contributed by atoms with Gasteiger partial charge < -0.3 is 18.6 Å². The predicted molar refractivity (Wildman–Crippen MR) is 312 cm³/mol. The third-order valence-corrected chi connectivity index (χ3v) is 15.0. The highest BCUT2D eigenvalue weighted by molar-refractivity contribution is 7.26. The van der Waals surface area contributed by atoms with Crippen molar-refractivity contribution in [2.45, 2.75) is 0 Å². The van der Waals surface area contributed by atoms with Crippen molar-refractivity contribution >= 4 is 120 Å². The molecule has 0 saturated carbocycles. The summed E-state index contributed by atoms with van der Waals surface area (Å²) >= 11 is 1.84. The lowest BCUT2D eigenvalue weighted by atomic mass is 9.97. The largest absolute Gasteiger partial charge is 0.454 e. The number of hydrogen-bond donors (Lipinski definition) is 0. The van der Waals surface area contributed by atoms with Crippen molar-refractivity contribution in [1.82, 2.24) is 0 Å². The van der Waals surface area contributed by atoms with Crippen molar-refractivity contribution in [3.8, 4) is 22.3 Å². The van der Waals surface area contributed by atoms with E-state index in [1.165, 1.54) is 21.2 Å². The number of furan rings is 2. The average molecular weight is 955 g/mol. The lowest BCUT2D eigenvalue weighted by Crippen LogP contribution is -2.14. The number of benzene rings is 11. The lowest BCUT2D eigenvalue weighted by Gasteiger charge is -2.32. The van der Waals surface area contributed by atoms with Crippen LogP contribution in [0, 0.1) is 0 Å². The minimum atomic E-state index is 0.836. The maximum atomic E-state index is 6.92. The minimum Gasteiger partial charge on any atom is -0.454 e. The number of fused-ring (bicyclic) bond motifs is 10. The zero-order valence-electron chi connectivity index (χ0n) is 39.8. The van der Waals surface area contributed by atoms with E-state index in [0.717, 1.165) is 110 Å². The summed E-state index contributed by atoms with van der Waals surface area (Å²) in [5.74, 6) is 0. The summed E-state index contributed by atoms with van der Waals surface area (Å²) < 4.78 is 16.2. The fraction of sp³-hybridized carbons (Fsp3) is 0. The molecule has 14 aromatic rings. The normalized spacial score (nSPS) is 11.4. The Morgan fingerprint density at radius 2 is 0.712 bits per heavy atom. The van der Waals surface area contributed by atoms with Crippen LogP contribution in [0.5, 0.6) is 0 Å². The van der Waals surface area contributed by atoms with Gasteiger partial charge >= 0.3 is 0 Å². The summed E-state index contributed by atoms with van der Waals surface area (Å²) in [5, 5.41) is 8.89. The van der Waals surface area contributed by atoms with Gasteiger partial charge in [0, 0.05) is 59.2 Å². The zero-order chi connectivity index (χ0) is 48.8. The Balaban J connectivity index is 0.00000125. The molecule has 3 aromatic heterocycles. The van der Waals surface area contributed by atoms with Crippen molar-refractivity contribution < 1.29 is 8.83 Å². The van der Waals surface area contributed by atoms with Crippen LogP contribution < -0.4 is 9.80 Å². The molecule has 5 heteroatoms. The molecule has 73 heavy (non-hydrogen) atoms. The van der Waals surface area contributed by atoms with Crippen molar-refractivity contribution in [3.05, 3.63) is 268 Å². The molecule has 0 unspecified atom stereocenters. The van der Waals surface area contributed by atoms with Gasteiger partial charge in [-0.25, -0.2) is 0 Å². The Hall–Kier alpha value is -9.42. The van der Waals surface area contributed by atoms with Crippen molar-refractivity contribution in [2.24, 2.45) is 0 Å². The van der Waals surface area contributed by atoms with Gasteiger partial charge in [0.15, 0.2) is 11.2 Å². The molecule has 0 radical (unpaired) electrons. The van der Waals surface area contributed by atoms with E-state index >= 15 is 0 Å². The molecule has 0 N–H and O–H groups in total. The third-order valence-electron chi connectivity index (χ3n) is 13.8. The Kier molecular flexibility index (Phi) is 11.0. The zero-order valence-corrected chi connectivity index (χ0v) is 40.6. The molecule has 0 atom stereocenters. The van der Waals surface area contributed by atoms with E-state index in [0.29, 0.717) is 0 Å². The first-order valence-electron chi connectivity index (χ1n) is 24.5. The van der Waals surface area contributed by atoms with Crippen molar-refractivity contribution in [3.63, 3.8) is 0 Å². The SMILES string of the molecule is C=CC=C.c1ccc(-c2ccc(N(c3cccc4c3oc3ccccc34)c3c4ccccc4c(N(c4ccc(-c5ccccc5)cc4)c4cccc5c4oc4ccccc45)c4c3sc3ccccc34)cc2)cc1.